The highest BCUT2D eigenvalue weighted by atomic mass is 15.1. The Balaban J connectivity index is 1.57. The smallest absolute Gasteiger partial charge is 0.00390 e. The normalized spacial score (nSPS) is 31.7. The molecule has 0 amide bonds. The van der Waals surface area contributed by atoms with Crippen LogP contribution in [0.2, 0.25) is 0 Å². The molecule has 0 saturated heterocycles. The van der Waals surface area contributed by atoms with Crippen molar-refractivity contribution in [1.29, 1.82) is 0 Å². The molecule has 2 nitrogen and oxygen atoms in total. The summed E-state index contributed by atoms with van der Waals surface area (Å²) in [6.07, 6.45) is 11.1. The Morgan fingerprint density at radius 2 is 1.69 bits per heavy atom. The van der Waals surface area contributed by atoms with Gasteiger partial charge < -0.3 is 10.6 Å². The Bertz CT molecular complexity index is 193. The molecule has 2 fully saturated rings. The Labute approximate surface area is 101 Å². The molecule has 2 rings (SSSR count). The van der Waals surface area contributed by atoms with Gasteiger partial charge in [-0.15, -0.1) is 0 Å². The minimum atomic E-state index is 0.497. The van der Waals surface area contributed by atoms with E-state index in [1.807, 2.05) is 0 Å². The van der Waals surface area contributed by atoms with E-state index in [9.17, 15) is 0 Å². The summed E-state index contributed by atoms with van der Waals surface area (Å²) in [5, 5.41) is 0. The van der Waals surface area contributed by atoms with Crippen molar-refractivity contribution in [3.8, 4) is 0 Å². The molecule has 2 heteroatoms. The van der Waals surface area contributed by atoms with E-state index >= 15 is 0 Å². The van der Waals surface area contributed by atoms with Gasteiger partial charge in [-0.2, -0.15) is 0 Å². The summed E-state index contributed by atoms with van der Waals surface area (Å²) in [5.41, 5.74) is 5.94. The lowest BCUT2D eigenvalue weighted by atomic mass is 9.82. The Morgan fingerprint density at radius 3 is 2.25 bits per heavy atom. The van der Waals surface area contributed by atoms with Gasteiger partial charge in [0.15, 0.2) is 0 Å². The predicted molar refractivity (Wildman–Crippen MR) is 69.4 cm³/mol. The first kappa shape index (κ1) is 12.4. The van der Waals surface area contributed by atoms with E-state index in [1.165, 1.54) is 64.5 Å². The zero-order chi connectivity index (χ0) is 11.4. The van der Waals surface area contributed by atoms with Gasteiger partial charge in [0.2, 0.25) is 0 Å². The Hall–Kier alpha value is -0.0800. The summed E-state index contributed by atoms with van der Waals surface area (Å²) >= 11 is 0. The van der Waals surface area contributed by atoms with E-state index in [-0.39, 0.29) is 0 Å². The van der Waals surface area contributed by atoms with Gasteiger partial charge >= 0.3 is 0 Å². The van der Waals surface area contributed by atoms with Gasteiger partial charge in [0.25, 0.3) is 0 Å². The summed E-state index contributed by atoms with van der Waals surface area (Å²) < 4.78 is 0. The molecule has 0 aromatic carbocycles. The molecule has 0 aromatic heterocycles. The van der Waals surface area contributed by atoms with Crippen molar-refractivity contribution >= 4 is 0 Å². The topological polar surface area (TPSA) is 29.3 Å². The number of nitrogens with two attached hydrogens (primary N) is 1. The van der Waals surface area contributed by atoms with Crippen molar-refractivity contribution < 1.29 is 0 Å². The Morgan fingerprint density at radius 1 is 1.00 bits per heavy atom. The first-order valence-electron chi connectivity index (χ1n) is 7.18. The maximum Gasteiger partial charge on any atom is 0.00390 e. The lowest BCUT2D eigenvalue weighted by Crippen LogP contribution is -2.33. The number of nitrogens with zero attached hydrogens (tertiary/aromatic N) is 1. The van der Waals surface area contributed by atoms with Crippen molar-refractivity contribution in [1.82, 2.24) is 4.90 Å². The van der Waals surface area contributed by atoms with Crippen LogP contribution in [0.3, 0.4) is 0 Å². The highest BCUT2D eigenvalue weighted by Crippen LogP contribution is 2.29. The maximum absolute atomic E-state index is 5.94. The van der Waals surface area contributed by atoms with E-state index < -0.39 is 0 Å². The first-order valence-corrected chi connectivity index (χ1v) is 7.18. The quantitative estimate of drug-likeness (QED) is 0.778. The summed E-state index contributed by atoms with van der Waals surface area (Å²) in [6.45, 7) is 2.62. The molecule has 0 atom stereocenters. The SMILES string of the molecule is CN(CCC1CCC1)CC1CCC(N)CC1. The van der Waals surface area contributed by atoms with Gasteiger partial charge in [-0.05, 0) is 57.5 Å². The molecule has 16 heavy (non-hydrogen) atoms. The number of hydrogen-bond donors (Lipinski definition) is 1. The highest BCUT2D eigenvalue weighted by molar-refractivity contribution is 4.77. The van der Waals surface area contributed by atoms with Crippen LogP contribution in [-0.2, 0) is 0 Å². The van der Waals surface area contributed by atoms with Gasteiger partial charge in [0, 0.05) is 12.6 Å². The van der Waals surface area contributed by atoms with Gasteiger partial charge in [0.1, 0.15) is 0 Å². The van der Waals surface area contributed by atoms with Gasteiger partial charge in [-0.1, -0.05) is 19.3 Å². The van der Waals surface area contributed by atoms with Crippen LogP contribution in [0, 0.1) is 11.8 Å². The summed E-state index contributed by atoms with van der Waals surface area (Å²) in [7, 11) is 2.30. The monoisotopic (exact) mass is 224 g/mol. The summed E-state index contributed by atoms with van der Waals surface area (Å²) in [6, 6.07) is 0.497. The third-order valence-electron chi connectivity index (χ3n) is 4.61. The minimum absolute atomic E-state index is 0.497. The number of hydrogen-bond acceptors (Lipinski definition) is 2. The molecule has 0 unspecified atom stereocenters. The van der Waals surface area contributed by atoms with Crippen LogP contribution in [0.15, 0.2) is 0 Å². The van der Waals surface area contributed by atoms with Crippen LogP contribution in [0.4, 0.5) is 0 Å². The second-order valence-corrected chi connectivity index (χ2v) is 6.13. The van der Waals surface area contributed by atoms with Crippen molar-refractivity contribution in [2.75, 3.05) is 20.1 Å². The van der Waals surface area contributed by atoms with E-state index in [1.54, 1.807) is 0 Å². The highest BCUT2D eigenvalue weighted by Gasteiger charge is 2.21. The molecular formula is C14H28N2. The fourth-order valence-electron chi connectivity index (χ4n) is 3.09. The zero-order valence-electron chi connectivity index (χ0n) is 10.8. The molecule has 2 aliphatic rings. The van der Waals surface area contributed by atoms with Crippen LogP contribution in [0.5, 0.6) is 0 Å². The zero-order valence-corrected chi connectivity index (χ0v) is 10.8. The van der Waals surface area contributed by atoms with E-state index in [4.69, 9.17) is 5.73 Å². The van der Waals surface area contributed by atoms with Crippen LogP contribution in [-0.4, -0.2) is 31.1 Å². The van der Waals surface area contributed by atoms with Crippen LogP contribution in [0.25, 0.3) is 0 Å². The molecule has 0 heterocycles. The lowest BCUT2D eigenvalue weighted by Gasteiger charge is -2.31. The van der Waals surface area contributed by atoms with Crippen molar-refractivity contribution in [3.63, 3.8) is 0 Å². The fraction of sp³-hybridized carbons (Fsp3) is 1.00. The summed E-state index contributed by atoms with van der Waals surface area (Å²) in [4.78, 5) is 2.56. The van der Waals surface area contributed by atoms with E-state index in [0.29, 0.717) is 6.04 Å². The molecule has 0 spiro atoms. The predicted octanol–water partition coefficient (Wildman–Crippen LogP) is 2.63. The molecule has 0 aromatic rings. The molecule has 0 aliphatic heterocycles. The van der Waals surface area contributed by atoms with Crippen molar-refractivity contribution in [3.05, 3.63) is 0 Å². The maximum atomic E-state index is 5.94. The second-order valence-electron chi connectivity index (χ2n) is 6.13. The van der Waals surface area contributed by atoms with Gasteiger partial charge in [-0.25, -0.2) is 0 Å². The van der Waals surface area contributed by atoms with Crippen LogP contribution >= 0.6 is 0 Å². The molecule has 2 saturated carbocycles. The second kappa shape index (κ2) is 6.02. The van der Waals surface area contributed by atoms with Crippen molar-refractivity contribution in [2.45, 2.75) is 57.4 Å². The minimum Gasteiger partial charge on any atom is -0.328 e. The third kappa shape index (κ3) is 3.74. The fourth-order valence-corrected chi connectivity index (χ4v) is 3.09. The Kier molecular flexibility index (Phi) is 4.66. The van der Waals surface area contributed by atoms with E-state index in [0.717, 1.165) is 11.8 Å². The van der Waals surface area contributed by atoms with E-state index in [2.05, 4.69) is 11.9 Å². The average Bonchev–Trinajstić information content (AvgIpc) is 2.19. The standard InChI is InChI=1S/C14H28N2/c1-16(10-9-12-3-2-4-12)11-13-5-7-14(15)8-6-13/h12-14H,2-11,15H2,1H3. The molecule has 0 bridgehead atoms. The molecular weight excluding hydrogens is 196 g/mol. The van der Waals surface area contributed by atoms with Gasteiger partial charge in [0.05, 0.1) is 0 Å². The lowest BCUT2D eigenvalue weighted by molar-refractivity contribution is 0.195. The van der Waals surface area contributed by atoms with Crippen molar-refractivity contribution in [2.24, 2.45) is 17.6 Å². The molecule has 2 aliphatic carbocycles. The molecule has 0 radical (unpaired) electrons. The molecule has 94 valence electrons. The van der Waals surface area contributed by atoms with Gasteiger partial charge in [-0.3, -0.25) is 0 Å². The van der Waals surface area contributed by atoms with Crippen LogP contribution in [0.1, 0.15) is 51.4 Å². The largest absolute Gasteiger partial charge is 0.328 e. The third-order valence-corrected chi connectivity index (χ3v) is 4.61. The van der Waals surface area contributed by atoms with Crippen LogP contribution < -0.4 is 5.73 Å². The number of rotatable bonds is 5. The average molecular weight is 224 g/mol. The molecule has 2 N–H and O–H groups in total. The summed E-state index contributed by atoms with van der Waals surface area (Å²) in [5.74, 6) is 1.98. The first-order chi connectivity index (χ1) is 7.74.